The number of benzene rings is 1. The fourth-order valence-corrected chi connectivity index (χ4v) is 3.34. The number of aromatic nitrogens is 2. The number of aromatic amines is 1. The van der Waals surface area contributed by atoms with Crippen LogP contribution >= 0.6 is 0 Å². The van der Waals surface area contributed by atoms with Gasteiger partial charge in [0.2, 0.25) is 5.91 Å². The van der Waals surface area contributed by atoms with E-state index in [4.69, 9.17) is 0 Å². The van der Waals surface area contributed by atoms with Crippen molar-refractivity contribution >= 4 is 17.6 Å². The van der Waals surface area contributed by atoms with Crippen molar-refractivity contribution in [1.82, 2.24) is 15.3 Å². The molecule has 2 amide bonds. The van der Waals surface area contributed by atoms with Gasteiger partial charge in [0, 0.05) is 42.9 Å². The molecule has 7 heteroatoms. The molecular formula is C20H17FN4O2. The molecule has 0 fully saturated rings. The Labute approximate surface area is 154 Å². The maximum absolute atomic E-state index is 13.4. The molecule has 3 N–H and O–H groups in total. The topological polar surface area (TPSA) is 86.9 Å². The summed E-state index contributed by atoms with van der Waals surface area (Å²) in [5.74, 6) is -0.300. The van der Waals surface area contributed by atoms with Crippen molar-refractivity contribution in [3.63, 3.8) is 0 Å². The number of hydrogen-bond donors (Lipinski definition) is 3. The number of amides is 2. The minimum Gasteiger partial charge on any atom is -0.357 e. The van der Waals surface area contributed by atoms with Crippen LogP contribution in [0.5, 0.6) is 0 Å². The summed E-state index contributed by atoms with van der Waals surface area (Å²) < 4.78 is 13.4. The highest BCUT2D eigenvalue weighted by atomic mass is 19.1. The lowest BCUT2D eigenvalue weighted by atomic mass is 9.95. The predicted octanol–water partition coefficient (Wildman–Crippen LogP) is 3.13. The van der Waals surface area contributed by atoms with E-state index in [1.807, 2.05) is 0 Å². The SMILES string of the molecule is CC(=O)Nc1cc(-c2[nH]c3c(c2-c2ccc(F)cc2)C(=O)NCC3)ccn1. The number of rotatable bonds is 3. The molecule has 3 aromatic rings. The zero-order valence-electron chi connectivity index (χ0n) is 14.6. The Bertz CT molecular complexity index is 1040. The number of hydrogen-bond acceptors (Lipinski definition) is 3. The number of H-pyrrole nitrogens is 1. The molecule has 2 aromatic heterocycles. The summed E-state index contributed by atoms with van der Waals surface area (Å²) in [6.07, 6.45) is 2.27. The Kier molecular flexibility index (Phi) is 4.19. The summed E-state index contributed by atoms with van der Waals surface area (Å²) in [6.45, 7) is 1.97. The van der Waals surface area contributed by atoms with Gasteiger partial charge in [-0.1, -0.05) is 12.1 Å². The first kappa shape index (κ1) is 17.0. The molecule has 6 nitrogen and oxygen atoms in total. The van der Waals surface area contributed by atoms with Crippen LogP contribution in [-0.4, -0.2) is 28.3 Å². The second kappa shape index (κ2) is 6.68. The molecule has 4 rings (SSSR count). The van der Waals surface area contributed by atoms with Crippen molar-refractivity contribution in [1.29, 1.82) is 0 Å². The van der Waals surface area contributed by atoms with Crippen LogP contribution in [0.3, 0.4) is 0 Å². The van der Waals surface area contributed by atoms with Crippen LogP contribution in [0.4, 0.5) is 10.2 Å². The number of nitrogens with one attached hydrogen (secondary N) is 3. The van der Waals surface area contributed by atoms with Crippen molar-refractivity contribution in [3.8, 4) is 22.4 Å². The molecule has 0 saturated carbocycles. The van der Waals surface area contributed by atoms with Gasteiger partial charge in [0.15, 0.2) is 0 Å². The number of nitrogens with zero attached hydrogens (tertiary/aromatic N) is 1. The Hall–Kier alpha value is -3.48. The van der Waals surface area contributed by atoms with E-state index in [1.54, 1.807) is 30.5 Å². The number of carbonyl (C=O) groups is 2. The molecule has 0 aliphatic carbocycles. The van der Waals surface area contributed by atoms with Crippen molar-refractivity contribution in [3.05, 3.63) is 59.7 Å². The van der Waals surface area contributed by atoms with Crippen molar-refractivity contribution in [2.24, 2.45) is 0 Å². The van der Waals surface area contributed by atoms with Gasteiger partial charge in [0.25, 0.3) is 5.91 Å². The third-order valence-corrected chi connectivity index (χ3v) is 4.45. The average Bonchev–Trinajstić information content (AvgIpc) is 3.03. The molecule has 0 unspecified atom stereocenters. The van der Waals surface area contributed by atoms with Crippen LogP contribution in [0.1, 0.15) is 23.0 Å². The van der Waals surface area contributed by atoms with Gasteiger partial charge in [-0.15, -0.1) is 0 Å². The van der Waals surface area contributed by atoms with Crippen molar-refractivity contribution in [2.45, 2.75) is 13.3 Å². The molecule has 0 atom stereocenters. The molecule has 0 bridgehead atoms. The fourth-order valence-electron chi connectivity index (χ4n) is 3.34. The summed E-state index contributed by atoms with van der Waals surface area (Å²) in [7, 11) is 0. The van der Waals surface area contributed by atoms with Crippen LogP contribution in [0, 0.1) is 5.82 Å². The zero-order valence-corrected chi connectivity index (χ0v) is 14.6. The maximum Gasteiger partial charge on any atom is 0.253 e. The number of halogens is 1. The maximum atomic E-state index is 13.4. The number of pyridine rings is 1. The van der Waals surface area contributed by atoms with Gasteiger partial charge in [-0.25, -0.2) is 9.37 Å². The van der Waals surface area contributed by atoms with Crippen LogP contribution in [0.2, 0.25) is 0 Å². The van der Waals surface area contributed by atoms with Gasteiger partial charge in [-0.2, -0.15) is 0 Å². The standard InChI is InChI=1S/C20H17FN4O2/c1-11(26)24-16-10-13(6-8-22-16)19-17(12-2-4-14(21)5-3-12)18-15(25-19)7-9-23-20(18)27/h2-6,8,10,25H,7,9H2,1H3,(H,23,27)(H,22,24,26). The zero-order chi connectivity index (χ0) is 19.0. The Morgan fingerprint density at radius 3 is 2.67 bits per heavy atom. The van der Waals surface area contributed by atoms with Gasteiger partial charge < -0.3 is 15.6 Å². The van der Waals surface area contributed by atoms with Crippen molar-refractivity contribution in [2.75, 3.05) is 11.9 Å². The van der Waals surface area contributed by atoms with E-state index in [2.05, 4.69) is 20.6 Å². The van der Waals surface area contributed by atoms with Gasteiger partial charge in [-0.3, -0.25) is 9.59 Å². The third-order valence-electron chi connectivity index (χ3n) is 4.45. The van der Waals surface area contributed by atoms with E-state index in [0.717, 1.165) is 22.5 Å². The van der Waals surface area contributed by atoms with Gasteiger partial charge in [0.05, 0.1) is 11.3 Å². The molecule has 0 spiro atoms. The largest absolute Gasteiger partial charge is 0.357 e. The number of anilines is 1. The number of carbonyl (C=O) groups excluding carboxylic acids is 2. The van der Waals surface area contributed by atoms with Crippen LogP contribution in [0.25, 0.3) is 22.4 Å². The lowest BCUT2D eigenvalue weighted by molar-refractivity contribution is -0.114. The first-order valence-electron chi connectivity index (χ1n) is 8.56. The minimum atomic E-state index is -0.342. The highest BCUT2D eigenvalue weighted by molar-refractivity contribution is 6.06. The third kappa shape index (κ3) is 3.19. The lowest BCUT2D eigenvalue weighted by Gasteiger charge is -2.14. The highest BCUT2D eigenvalue weighted by Gasteiger charge is 2.27. The van der Waals surface area contributed by atoms with E-state index < -0.39 is 0 Å². The molecular weight excluding hydrogens is 347 g/mol. The van der Waals surface area contributed by atoms with Crippen molar-refractivity contribution < 1.29 is 14.0 Å². The van der Waals surface area contributed by atoms with Gasteiger partial charge in [0.1, 0.15) is 11.6 Å². The monoisotopic (exact) mass is 364 g/mol. The van der Waals surface area contributed by atoms with Crippen LogP contribution < -0.4 is 10.6 Å². The summed E-state index contributed by atoms with van der Waals surface area (Å²) in [5.41, 5.74) is 4.36. The Morgan fingerprint density at radius 2 is 1.93 bits per heavy atom. The van der Waals surface area contributed by atoms with E-state index in [1.165, 1.54) is 19.1 Å². The normalized spacial score (nSPS) is 13.0. The number of fused-ring (bicyclic) bond motifs is 1. The van der Waals surface area contributed by atoms with E-state index in [0.29, 0.717) is 29.9 Å². The Morgan fingerprint density at radius 1 is 1.15 bits per heavy atom. The molecule has 27 heavy (non-hydrogen) atoms. The van der Waals surface area contributed by atoms with E-state index in [-0.39, 0.29) is 17.6 Å². The summed E-state index contributed by atoms with van der Waals surface area (Å²) in [4.78, 5) is 31.4. The molecule has 3 heterocycles. The van der Waals surface area contributed by atoms with Gasteiger partial charge in [-0.05, 0) is 29.8 Å². The smallest absolute Gasteiger partial charge is 0.253 e. The average molecular weight is 364 g/mol. The summed E-state index contributed by atoms with van der Waals surface area (Å²) >= 11 is 0. The highest BCUT2D eigenvalue weighted by Crippen LogP contribution is 2.38. The first-order chi connectivity index (χ1) is 13.0. The van der Waals surface area contributed by atoms with E-state index in [9.17, 15) is 14.0 Å². The van der Waals surface area contributed by atoms with Crippen LogP contribution in [0.15, 0.2) is 42.6 Å². The second-order valence-corrected chi connectivity index (χ2v) is 6.35. The van der Waals surface area contributed by atoms with Crippen LogP contribution in [-0.2, 0) is 11.2 Å². The minimum absolute atomic E-state index is 0.158. The Balaban J connectivity index is 1.92. The van der Waals surface area contributed by atoms with Gasteiger partial charge >= 0.3 is 0 Å². The predicted molar refractivity (Wildman–Crippen MR) is 99.8 cm³/mol. The second-order valence-electron chi connectivity index (χ2n) is 6.35. The molecule has 1 aromatic carbocycles. The molecule has 1 aliphatic rings. The van der Waals surface area contributed by atoms with E-state index >= 15 is 0 Å². The fraction of sp³-hybridized carbons (Fsp3) is 0.150. The molecule has 0 saturated heterocycles. The summed E-state index contributed by atoms with van der Waals surface area (Å²) in [6, 6.07) is 9.58. The first-order valence-corrected chi connectivity index (χ1v) is 8.56. The summed E-state index contributed by atoms with van der Waals surface area (Å²) in [5, 5.41) is 5.52. The molecule has 136 valence electrons. The quantitative estimate of drug-likeness (QED) is 0.667. The molecule has 1 aliphatic heterocycles. The molecule has 0 radical (unpaired) electrons. The lowest BCUT2D eigenvalue weighted by Crippen LogP contribution is -2.31.